The first-order valence-corrected chi connectivity index (χ1v) is 11.8. The van der Waals surface area contributed by atoms with Crippen molar-refractivity contribution in [1.29, 1.82) is 0 Å². The number of ether oxygens (including phenoxy) is 1. The molecule has 4 heteroatoms. The third kappa shape index (κ3) is 12.6. The second-order valence-corrected chi connectivity index (χ2v) is 8.66. The molecule has 1 heterocycles. The summed E-state index contributed by atoms with van der Waals surface area (Å²) in [6, 6.07) is 11.1. The molecule has 0 saturated carbocycles. The van der Waals surface area contributed by atoms with E-state index in [1.807, 2.05) is 0 Å². The van der Waals surface area contributed by atoms with Gasteiger partial charge in [-0.05, 0) is 12.8 Å². The van der Waals surface area contributed by atoms with Gasteiger partial charge in [-0.3, -0.25) is 0 Å². The Balaban J connectivity index is 0.00000392. The van der Waals surface area contributed by atoms with Crippen LogP contribution in [0.1, 0.15) is 89.5 Å². The first-order valence-electron chi connectivity index (χ1n) is 11.8. The molecule has 0 spiro atoms. The quantitative estimate of drug-likeness (QED) is 0.332. The van der Waals surface area contributed by atoms with Crippen LogP contribution in [0.15, 0.2) is 30.3 Å². The predicted molar refractivity (Wildman–Crippen MR) is 123 cm³/mol. The lowest BCUT2D eigenvalue weighted by Crippen LogP contribution is -3.00. The number of morpholine rings is 1. The fourth-order valence-corrected chi connectivity index (χ4v) is 4.45. The fraction of sp³-hybridized carbons (Fsp3) is 0.760. The fourth-order valence-electron chi connectivity index (χ4n) is 4.45. The van der Waals surface area contributed by atoms with Crippen molar-refractivity contribution in [3.8, 4) is 0 Å². The van der Waals surface area contributed by atoms with Gasteiger partial charge in [-0.2, -0.15) is 0 Å². The molecule has 1 fully saturated rings. The molecule has 1 aliphatic heterocycles. The van der Waals surface area contributed by atoms with Crippen molar-refractivity contribution in [1.82, 2.24) is 6.15 Å². The van der Waals surface area contributed by atoms with Crippen molar-refractivity contribution >= 4 is 0 Å². The average Bonchev–Trinajstić information content (AvgIpc) is 2.70. The Morgan fingerprint density at radius 2 is 1.21 bits per heavy atom. The van der Waals surface area contributed by atoms with E-state index in [9.17, 15) is 0 Å². The summed E-state index contributed by atoms with van der Waals surface area (Å²) in [5.74, 6) is 0. The average molecular weight is 428 g/mol. The number of hydrogen-bond donors (Lipinski definition) is 1. The van der Waals surface area contributed by atoms with Crippen LogP contribution in [0.3, 0.4) is 0 Å². The van der Waals surface area contributed by atoms with Crippen LogP contribution in [-0.2, 0) is 11.3 Å². The summed E-state index contributed by atoms with van der Waals surface area (Å²) in [6.07, 6.45) is 17.2. The number of hydrogen-bond acceptors (Lipinski definition) is 1. The molecule has 170 valence electrons. The molecule has 2 rings (SSSR count). The highest BCUT2D eigenvalue weighted by Gasteiger charge is 2.29. The molecular formula is C25H48ClN2O+. The first-order chi connectivity index (χ1) is 13.3. The van der Waals surface area contributed by atoms with Crippen molar-refractivity contribution in [2.24, 2.45) is 0 Å². The van der Waals surface area contributed by atoms with Gasteiger partial charge < -0.3 is 27.8 Å². The summed E-state index contributed by atoms with van der Waals surface area (Å²) < 4.78 is 6.90. The highest BCUT2D eigenvalue weighted by Crippen LogP contribution is 2.20. The molecule has 4 N–H and O–H groups in total. The number of rotatable bonds is 15. The highest BCUT2D eigenvalue weighted by atomic mass is 35.5. The third-order valence-electron chi connectivity index (χ3n) is 6.27. The summed E-state index contributed by atoms with van der Waals surface area (Å²) in [5.41, 5.74) is 1.48. The van der Waals surface area contributed by atoms with E-state index in [-0.39, 0.29) is 18.6 Å². The van der Waals surface area contributed by atoms with Crippen molar-refractivity contribution < 1.29 is 21.6 Å². The standard InChI is InChI=1S/C25H44NO.ClH.H3N/c1-2-3-4-5-6-7-8-9-10-11-12-16-19-26(20-22-27-23-21-26)24-25-17-14-13-15-18-25;;/h13-15,17-18H,2-12,16,19-24H2,1H3;1H;1H3/q+1;;. The Kier molecular flexibility index (Phi) is 17.8. The zero-order valence-corrected chi connectivity index (χ0v) is 20.1. The summed E-state index contributed by atoms with van der Waals surface area (Å²) in [6.45, 7) is 9.05. The maximum absolute atomic E-state index is 5.66. The Morgan fingerprint density at radius 3 is 1.72 bits per heavy atom. The molecule has 1 aromatic carbocycles. The Bertz CT molecular complexity index is 463. The van der Waals surface area contributed by atoms with E-state index >= 15 is 0 Å². The lowest BCUT2D eigenvalue weighted by molar-refractivity contribution is -0.947. The van der Waals surface area contributed by atoms with Crippen LogP contribution in [0.4, 0.5) is 0 Å². The summed E-state index contributed by atoms with van der Waals surface area (Å²) in [4.78, 5) is 0. The largest absolute Gasteiger partial charge is 1.00 e. The second kappa shape index (κ2) is 18.2. The molecule has 0 aliphatic carbocycles. The number of quaternary nitrogens is 2. The topological polar surface area (TPSA) is 45.7 Å². The minimum Gasteiger partial charge on any atom is -1.00 e. The lowest BCUT2D eigenvalue weighted by Gasteiger charge is -2.41. The number of benzene rings is 1. The van der Waals surface area contributed by atoms with Crippen LogP contribution in [0.5, 0.6) is 0 Å². The van der Waals surface area contributed by atoms with Gasteiger partial charge in [0.05, 0.1) is 19.8 Å². The van der Waals surface area contributed by atoms with Crippen molar-refractivity contribution in [2.45, 2.75) is 90.5 Å². The first kappa shape index (κ1) is 28.4. The van der Waals surface area contributed by atoms with Gasteiger partial charge in [0.25, 0.3) is 0 Å². The maximum Gasteiger partial charge on any atom is 0.104 e. The van der Waals surface area contributed by atoms with E-state index in [4.69, 9.17) is 4.74 Å². The number of halogens is 1. The molecule has 1 saturated heterocycles. The van der Waals surface area contributed by atoms with Gasteiger partial charge in [0, 0.05) is 5.56 Å². The van der Waals surface area contributed by atoms with Crippen molar-refractivity contribution in [2.75, 3.05) is 32.8 Å². The van der Waals surface area contributed by atoms with E-state index in [0.29, 0.717) is 0 Å². The van der Waals surface area contributed by atoms with Crippen LogP contribution < -0.4 is 18.6 Å². The zero-order chi connectivity index (χ0) is 19.0. The van der Waals surface area contributed by atoms with Crippen molar-refractivity contribution in [3.63, 3.8) is 0 Å². The van der Waals surface area contributed by atoms with E-state index in [1.54, 1.807) is 0 Å². The van der Waals surface area contributed by atoms with Gasteiger partial charge in [0.15, 0.2) is 0 Å². The van der Waals surface area contributed by atoms with E-state index in [0.717, 1.165) is 13.2 Å². The van der Waals surface area contributed by atoms with Crippen LogP contribution in [0.25, 0.3) is 0 Å². The molecule has 0 amide bonds. The Labute approximate surface area is 187 Å². The van der Waals surface area contributed by atoms with Crippen LogP contribution >= 0.6 is 0 Å². The van der Waals surface area contributed by atoms with Crippen LogP contribution in [0, 0.1) is 0 Å². The van der Waals surface area contributed by atoms with Gasteiger partial charge in [0.2, 0.25) is 0 Å². The molecule has 29 heavy (non-hydrogen) atoms. The van der Waals surface area contributed by atoms with Crippen LogP contribution in [-0.4, -0.2) is 37.3 Å². The van der Waals surface area contributed by atoms with Gasteiger partial charge in [-0.15, -0.1) is 0 Å². The minimum absolute atomic E-state index is 0. The minimum atomic E-state index is 0. The van der Waals surface area contributed by atoms with Crippen LogP contribution in [0.2, 0.25) is 0 Å². The van der Waals surface area contributed by atoms with Gasteiger partial charge in [0.1, 0.15) is 19.6 Å². The SMILES string of the molecule is CCCCCCCCCCCCCC[N+]1(Cc2ccccc2)CCOCC1.[Cl-].[NH4+]. The maximum atomic E-state index is 5.66. The normalized spacial score (nSPS) is 15.3. The molecule has 0 atom stereocenters. The molecule has 3 nitrogen and oxygen atoms in total. The lowest BCUT2D eigenvalue weighted by atomic mass is 10.0. The molecule has 1 aromatic rings. The summed E-state index contributed by atoms with van der Waals surface area (Å²) in [5, 5.41) is 0. The highest BCUT2D eigenvalue weighted by molar-refractivity contribution is 5.13. The predicted octanol–water partition coefficient (Wildman–Crippen LogP) is 4.11. The Hall–Kier alpha value is -0.610. The molecule has 0 unspecified atom stereocenters. The Morgan fingerprint density at radius 1 is 0.724 bits per heavy atom. The zero-order valence-electron chi connectivity index (χ0n) is 19.3. The third-order valence-corrected chi connectivity index (χ3v) is 6.27. The molecule has 0 bridgehead atoms. The van der Waals surface area contributed by atoms with E-state index in [1.165, 1.54) is 113 Å². The number of nitrogens with zero attached hydrogens (tertiary/aromatic N) is 1. The molecule has 0 radical (unpaired) electrons. The molecule has 1 aliphatic rings. The number of unbranched alkanes of at least 4 members (excludes halogenated alkanes) is 11. The monoisotopic (exact) mass is 427 g/mol. The molecular weight excluding hydrogens is 380 g/mol. The summed E-state index contributed by atoms with van der Waals surface area (Å²) >= 11 is 0. The smallest absolute Gasteiger partial charge is 0.104 e. The van der Waals surface area contributed by atoms with Gasteiger partial charge >= 0.3 is 0 Å². The van der Waals surface area contributed by atoms with Crippen molar-refractivity contribution in [3.05, 3.63) is 35.9 Å². The summed E-state index contributed by atoms with van der Waals surface area (Å²) in [7, 11) is 0. The van der Waals surface area contributed by atoms with E-state index < -0.39 is 0 Å². The molecule has 0 aromatic heterocycles. The van der Waals surface area contributed by atoms with Gasteiger partial charge in [-0.1, -0.05) is 101 Å². The second-order valence-electron chi connectivity index (χ2n) is 8.66. The van der Waals surface area contributed by atoms with E-state index in [2.05, 4.69) is 37.3 Å². The van der Waals surface area contributed by atoms with Gasteiger partial charge in [-0.25, -0.2) is 0 Å².